The molecule has 104 valence electrons. The standard InChI is InChI=1S/C17H26N2/c1-13(2)8-17-16-10-18-9-15(16)12-19(17)11-14-6-4-3-5-7-14/h3-7,13,15-18H,8-12H2,1-2H3. The monoisotopic (exact) mass is 258 g/mol. The lowest BCUT2D eigenvalue weighted by molar-refractivity contribution is 0.189. The van der Waals surface area contributed by atoms with Crippen molar-refractivity contribution in [3.05, 3.63) is 35.9 Å². The summed E-state index contributed by atoms with van der Waals surface area (Å²) in [6.07, 6.45) is 1.34. The van der Waals surface area contributed by atoms with Gasteiger partial charge in [0.1, 0.15) is 0 Å². The first-order chi connectivity index (χ1) is 9.24. The van der Waals surface area contributed by atoms with Crippen molar-refractivity contribution in [2.75, 3.05) is 19.6 Å². The molecule has 1 N–H and O–H groups in total. The maximum Gasteiger partial charge on any atom is 0.0236 e. The molecule has 3 rings (SSSR count). The van der Waals surface area contributed by atoms with Crippen LogP contribution in [0.15, 0.2) is 30.3 Å². The van der Waals surface area contributed by atoms with Gasteiger partial charge in [0.05, 0.1) is 0 Å². The first-order valence-electron chi connectivity index (χ1n) is 7.72. The summed E-state index contributed by atoms with van der Waals surface area (Å²) in [5, 5.41) is 3.59. The fraction of sp³-hybridized carbons (Fsp3) is 0.647. The minimum absolute atomic E-state index is 0.778. The average Bonchev–Trinajstić information content (AvgIpc) is 2.94. The van der Waals surface area contributed by atoms with Crippen LogP contribution >= 0.6 is 0 Å². The zero-order chi connectivity index (χ0) is 13.2. The fourth-order valence-electron chi connectivity index (χ4n) is 3.92. The van der Waals surface area contributed by atoms with Crippen molar-refractivity contribution in [3.8, 4) is 0 Å². The van der Waals surface area contributed by atoms with Crippen LogP contribution in [-0.4, -0.2) is 30.6 Å². The van der Waals surface area contributed by atoms with E-state index in [9.17, 15) is 0 Å². The number of hydrogen-bond donors (Lipinski definition) is 1. The first kappa shape index (κ1) is 13.1. The van der Waals surface area contributed by atoms with Crippen LogP contribution in [0, 0.1) is 17.8 Å². The van der Waals surface area contributed by atoms with Gasteiger partial charge in [-0.3, -0.25) is 4.90 Å². The zero-order valence-electron chi connectivity index (χ0n) is 12.2. The van der Waals surface area contributed by atoms with Crippen LogP contribution in [0.2, 0.25) is 0 Å². The van der Waals surface area contributed by atoms with Crippen LogP contribution < -0.4 is 5.32 Å². The highest BCUT2D eigenvalue weighted by molar-refractivity contribution is 5.15. The summed E-state index contributed by atoms with van der Waals surface area (Å²) in [4.78, 5) is 2.74. The minimum atomic E-state index is 0.778. The lowest BCUT2D eigenvalue weighted by Gasteiger charge is -2.29. The summed E-state index contributed by atoms with van der Waals surface area (Å²) >= 11 is 0. The molecule has 2 saturated heterocycles. The molecular formula is C17H26N2. The third-order valence-corrected chi connectivity index (χ3v) is 4.77. The maximum atomic E-state index is 3.59. The molecule has 0 aliphatic carbocycles. The second kappa shape index (κ2) is 5.64. The van der Waals surface area contributed by atoms with Crippen molar-refractivity contribution in [3.63, 3.8) is 0 Å². The Morgan fingerprint density at radius 2 is 2.00 bits per heavy atom. The van der Waals surface area contributed by atoms with Gasteiger partial charge in [-0.05, 0) is 42.8 Å². The van der Waals surface area contributed by atoms with E-state index in [0.717, 1.165) is 30.3 Å². The van der Waals surface area contributed by atoms with Gasteiger partial charge in [0, 0.05) is 19.1 Å². The average molecular weight is 258 g/mol. The number of nitrogens with one attached hydrogen (secondary N) is 1. The molecule has 2 aliphatic heterocycles. The summed E-state index contributed by atoms with van der Waals surface area (Å²) in [5.41, 5.74) is 1.46. The maximum absolute atomic E-state index is 3.59. The summed E-state index contributed by atoms with van der Waals surface area (Å²) in [6.45, 7) is 9.58. The molecule has 1 aromatic carbocycles. The predicted molar refractivity (Wildman–Crippen MR) is 79.9 cm³/mol. The Morgan fingerprint density at radius 1 is 1.21 bits per heavy atom. The molecule has 2 fully saturated rings. The highest BCUT2D eigenvalue weighted by Gasteiger charge is 2.43. The number of likely N-dealkylation sites (tertiary alicyclic amines) is 1. The van der Waals surface area contributed by atoms with Crippen molar-refractivity contribution in [2.45, 2.75) is 32.9 Å². The Hall–Kier alpha value is -0.860. The molecule has 3 unspecified atom stereocenters. The van der Waals surface area contributed by atoms with Crippen LogP contribution in [0.25, 0.3) is 0 Å². The Labute approximate surface area is 117 Å². The van der Waals surface area contributed by atoms with Gasteiger partial charge in [-0.1, -0.05) is 44.2 Å². The Morgan fingerprint density at radius 3 is 2.74 bits per heavy atom. The molecule has 0 saturated carbocycles. The van der Waals surface area contributed by atoms with E-state index >= 15 is 0 Å². The number of fused-ring (bicyclic) bond motifs is 1. The molecule has 1 aromatic rings. The SMILES string of the molecule is CC(C)CC1C2CNCC2CN1Cc1ccccc1. The molecule has 0 spiro atoms. The van der Waals surface area contributed by atoms with Crippen molar-refractivity contribution in [1.82, 2.24) is 10.2 Å². The number of hydrogen-bond acceptors (Lipinski definition) is 2. The van der Waals surface area contributed by atoms with Crippen LogP contribution in [0.4, 0.5) is 0 Å². The van der Waals surface area contributed by atoms with E-state index in [1.165, 1.54) is 31.6 Å². The van der Waals surface area contributed by atoms with Crippen molar-refractivity contribution in [2.24, 2.45) is 17.8 Å². The normalized spacial score (nSPS) is 31.0. The summed E-state index contributed by atoms with van der Waals surface area (Å²) in [6, 6.07) is 11.7. The van der Waals surface area contributed by atoms with Gasteiger partial charge in [-0.2, -0.15) is 0 Å². The second-order valence-electron chi connectivity index (χ2n) is 6.69. The molecule has 0 radical (unpaired) electrons. The number of rotatable bonds is 4. The van der Waals surface area contributed by atoms with Gasteiger partial charge >= 0.3 is 0 Å². The van der Waals surface area contributed by atoms with Gasteiger partial charge in [-0.15, -0.1) is 0 Å². The summed E-state index contributed by atoms with van der Waals surface area (Å²) in [7, 11) is 0. The molecule has 2 heterocycles. The van der Waals surface area contributed by atoms with Crippen LogP contribution in [0.1, 0.15) is 25.8 Å². The number of benzene rings is 1. The molecule has 2 nitrogen and oxygen atoms in total. The van der Waals surface area contributed by atoms with Gasteiger partial charge in [0.2, 0.25) is 0 Å². The first-order valence-corrected chi connectivity index (χ1v) is 7.72. The van der Waals surface area contributed by atoms with Crippen molar-refractivity contribution in [1.29, 1.82) is 0 Å². The Balaban J connectivity index is 1.72. The second-order valence-corrected chi connectivity index (χ2v) is 6.69. The molecule has 0 bridgehead atoms. The fourth-order valence-corrected chi connectivity index (χ4v) is 3.92. The van der Waals surface area contributed by atoms with Gasteiger partial charge < -0.3 is 5.32 Å². The summed E-state index contributed by atoms with van der Waals surface area (Å²) < 4.78 is 0. The lowest BCUT2D eigenvalue weighted by Crippen LogP contribution is -2.36. The topological polar surface area (TPSA) is 15.3 Å². The highest BCUT2D eigenvalue weighted by Crippen LogP contribution is 2.36. The molecule has 2 heteroatoms. The smallest absolute Gasteiger partial charge is 0.0236 e. The van der Waals surface area contributed by atoms with E-state index < -0.39 is 0 Å². The number of nitrogens with zero attached hydrogens (tertiary/aromatic N) is 1. The largest absolute Gasteiger partial charge is 0.316 e. The van der Waals surface area contributed by atoms with Gasteiger partial charge in [0.15, 0.2) is 0 Å². The summed E-state index contributed by atoms with van der Waals surface area (Å²) in [5.74, 6) is 2.56. The van der Waals surface area contributed by atoms with E-state index in [1.807, 2.05) is 0 Å². The molecule has 0 aromatic heterocycles. The van der Waals surface area contributed by atoms with Crippen LogP contribution in [0.5, 0.6) is 0 Å². The van der Waals surface area contributed by atoms with Crippen LogP contribution in [0.3, 0.4) is 0 Å². The molecule has 2 aliphatic rings. The van der Waals surface area contributed by atoms with Crippen molar-refractivity contribution < 1.29 is 0 Å². The molecule has 19 heavy (non-hydrogen) atoms. The highest BCUT2D eigenvalue weighted by atomic mass is 15.2. The van der Waals surface area contributed by atoms with Crippen molar-refractivity contribution >= 4 is 0 Å². The van der Waals surface area contributed by atoms with Gasteiger partial charge in [0.25, 0.3) is 0 Å². The van der Waals surface area contributed by atoms with E-state index in [-0.39, 0.29) is 0 Å². The third kappa shape index (κ3) is 2.85. The predicted octanol–water partition coefficient (Wildman–Crippen LogP) is 2.75. The van der Waals surface area contributed by atoms with Gasteiger partial charge in [-0.25, -0.2) is 0 Å². The third-order valence-electron chi connectivity index (χ3n) is 4.77. The van der Waals surface area contributed by atoms with E-state index in [0.29, 0.717) is 0 Å². The minimum Gasteiger partial charge on any atom is -0.316 e. The Kier molecular flexibility index (Phi) is 3.90. The Bertz CT molecular complexity index is 401. The van der Waals surface area contributed by atoms with Crippen LogP contribution in [-0.2, 0) is 6.54 Å². The van der Waals surface area contributed by atoms with E-state index in [1.54, 1.807) is 0 Å². The molecule has 0 amide bonds. The lowest BCUT2D eigenvalue weighted by atomic mass is 9.89. The van der Waals surface area contributed by atoms with E-state index in [4.69, 9.17) is 0 Å². The molecule has 3 atom stereocenters. The quantitative estimate of drug-likeness (QED) is 0.893. The zero-order valence-corrected chi connectivity index (χ0v) is 12.2. The molecular weight excluding hydrogens is 232 g/mol. The van der Waals surface area contributed by atoms with E-state index in [2.05, 4.69) is 54.4 Å².